The van der Waals surface area contributed by atoms with Crippen LogP contribution in [0.5, 0.6) is 11.5 Å². The van der Waals surface area contributed by atoms with E-state index in [1.54, 1.807) is 13.1 Å². The lowest BCUT2D eigenvalue weighted by atomic mass is 10.1. The van der Waals surface area contributed by atoms with Crippen molar-refractivity contribution in [2.24, 2.45) is 16.6 Å². The molecule has 2 aromatic carbocycles. The monoisotopic (exact) mass is 426 g/mol. The predicted octanol–water partition coefficient (Wildman–Crippen LogP) is 3.15. The molecule has 0 aliphatic heterocycles. The van der Waals surface area contributed by atoms with Crippen LogP contribution < -0.4 is 25.8 Å². The number of aliphatic imine (C=N–C) groups is 1. The van der Waals surface area contributed by atoms with Crippen molar-refractivity contribution in [3.8, 4) is 11.5 Å². The van der Waals surface area contributed by atoms with Gasteiger partial charge in [0.2, 0.25) is 0 Å². The molecule has 0 saturated carbocycles. The Hall–Kier alpha value is -3.22. The minimum absolute atomic E-state index is 0.141. The molecule has 0 atom stereocenters. The number of hydrogen-bond acceptors (Lipinski definition) is 4. The predicted molar refractivity (Wildman–Crippen MR) is 124 cm³/mol. The number of rotatable bonds is 11. The molecule has 0 heterocycles. The standard InChI is InChI=1S/C24H34N4O3/c1-17(2)10-11-30-22-12-18(3)8-9-20(22)15-28-24(26-4)27-14-19-6-5-7-21(13-19)31-16-23(25)29/h5-9,12-13,17H,10-11,14-16H2,1-4H3,(H2,25,29)(H2,26,27,28). The third kappa shape index (κ3) is 8.99. The number of carbonyl (C=O) groups is 1. The first-order valence-corrected chi connectivity index (χ1v) is 10.5. The van der Waals surface area contributed by atoms with Gasteiger partial charge in [0.25, 0.3) is 5.91 Å². The number of aryl methyl sites for hydroxylation is 1. The zero-order valence-corrected chi connectivity index (χ0v) is 18.9. The van der Waals surface area contributed by atoms with Crippen LogP contribution in [-0.2, 0) is 17.9 Å². The van der Waals surface area contributed by atoms with Crippen LogP contribution in [-0.4, -0.2) is 32.1 Å². The molecule has 0 radical (unpaired) electrons. The highest BCUT2D eigenvalue weighted by atomic mass is 16.5. The third-order valence-corrected chi connectivity index (χ3v) is 4.58. The van der Waals surface area contributed by atoms with E-state index in [9.17, 15) is 4.79 Å². The number of benzene rings is 2. The fourth-order valence-electron chi connectivity index (χ4n) is 2.83. The summed E-state index contributed by atoms with van der Waals surface area (Å²) in [6.45, 7) is 8.16. The highest BCUT2D eigenvalue weighted by Crippen LogP contribution is 2.21. The average Bonchev–Trinajstić information content (AvgIpc) is 2.73. The molecule has 0 spiro atoms. The van der Waals surface area contributed by atoms with Crippen molar-refractivity contribution in [3.63, 3.8) is 0 Å². The maximum Gasteiger partial charge on any atom is 0.255 e. The Balaban J connectivity index is 1.91. The van der Waals surface area contributed by atoms with E-state index in [2.05, 4.69) is 54.6 Å². The van der Waals surface area contributed by atoms with E-state index in [4.69, 9.17) is 15.2 Å². The Morgan fingerprint density at radius 2 is 1.87 bits per heavy atom. The number of carbonyl (C=O) groups excluding carboxylic acids is 1. The van der Waals surface area contributed by atoms with E-state index >= 15 is 0 Å². The van der Waals surface area contributed by atoms with Gasteiger partial charge in [-0.2, -0.15) is 0 Å². The number of ether oxygens (including phenoxy) is 2. The van der Waals surface area contributed by atoms with Crippen LogP contribution in [0.2, 0.25) is 0 Å². The summed E-state index contributed by atoms with van der Waals surface area (Å²) in [5.41, 5.74) is 8.38. The summed E-state index contributed by atoms with van der Waals surface area (Å²) in [6.07, 6.45) is 1.02. The number of nitrogens with two attached hydrogens (primary N) is 1. The molecule has 0 bridgehead atoms. The number of nitrogens with one attached hydrogen (secondary N) is 2. The lowest BCUT2D eigenvalue weighted by Crippen LogP contribution is -2.36. The topological polar surface area (TPSA) is 98.0 Å². The second kappa shape index (κ2) is 12.5. The molecule has 7 heteroatoms. The molecule has 2 aromatic rings. The van der Waals surface area contributed by atoms with Gasteiger partial charge in [0.1, 0.15) is 11.5 Å². The van der Waals surface area contributed by atoms with Crippen molar-refractivity contribution in [2.45, 2.75) is 40.3 Å². The van der Waals surface area contributed by atoms with Crippen LogP contribution in [0.25, 0.3) is 0 Å². The summed E-state index contributed by atoms with van der Waals surface area (Å²) in [6, 6.07) is 13.7. The van der Waals surface area contributed by atoms with Crippen LogP contribution in [0.1, 0.15) is 37.0 Å². The van der Waals surface area contributed by atoms with Crippen LogP contribution in [0, 0.1) is 12.8 Å². The first-order chi connectivity index (χ1) is 14.9. The van der Waals surface area contributed by atoms with Crippen molar-refractivity contribution in [2.75, 3.05) is 20.3 Å². The van der Waals surface area contributed by atoms with Gasteiger partial charge in [-0.25, -0.2) is 0 Å². The minimum atomic E-state index is -0.503. The number of guanidine groups is 1. The summed E-state index contributed by atoms with van der Waals surface area (Å²) in [5.74, 6) is 2.29. The Morgan fingerprint density at radius 3 is 2.58 bits per heavy atom. The van der Waals surface area contributed by atoms with Gasteiger partial charge in [0.15, 0.2) is 12.6 Å². The van der Waals surface area contributed by atoms with Gasteiger partial charge in [-0.15, -0.1) is 0 Å². The maximum absolute atomic E-state index is 10.9. The van der Waals surface area contributed by atoms with Crippen LogP contribution in [0.15, 0.2) is 47.5 Å². The van der Waals surface area contributed by atoms with Gasteiger partial charge < -0.3 is 25.8 Å². The summed E-state index contributed by atoms with van der Waals surface area (Å²) in [7, 11) is 1.73. The lowest BCUT2D eigenvalue weighted by Gasteiger charge is -2.16. The lowest BCUT2D eigenvalue weighted by molar-refractivity contribution is -0.119. The normalized spacial score (nSPS) is 11.3. The molecule has 168 valence electrons. The van der Waals surface area contributed by atoms with Gasteiger partial charge in [-0.05, 0) is 48.6 Å². The molecule has 31 heavy (non-hydrogen) atoms. The smallest absolute Gasteiger partial charge is 0.255 e. The number of nitrogens with zero attached hydrogens (tertiary/aromatic N) is 1. The molecule has 0 fully saturated rings. The second-order valence-corrected chi connectivity index (χ2v) is 7.82. The first-order valence-electron chi connectivity index (χ1n) is 10.5. The highest BCUT2D eigenvalue weighted by Gasteiger charge is 2.07. The largest absolute Gasteiger partial charge is 0.493 e. The average molecular weight is 427 g/mol. The van der Waals surface area contributed by atoms with Gasteiger partial charge in [-0.1, -0.05) is 38.1 Å². The van der Waals surface area contributed by atoms with E-state index in [0.29, 0.717) is 37.3 Å². The SMILES string of the molecule is CN=C(NCc1cccc(OCC(N)=O)c1)NCc1ccc(C)cc1OCCC(C)C. The number of hydrogen-bond donors (Lipinski definition) is 3. The third-order valence-electron chi connectivity index (χ3n) is 4.58. The number of primary amides is 1. The number of amides is 1. The summed E-state index contributed by atoms with van der Waals surface area (Å²) < 4.78 is 11.4. The van der Waals surface area contributed by atoms with Gasteiger partial charge >= 0.3 is 0 Å². The van der Waals surface area contributed by atoms with Crippen LogP contribution in [0.4, 0.5) is 0 Å². The molecular formula is C24H34N4O3. The fourth-order valence-corrected chi connectivity index (χ4v) is 2.83. The van der Waals surface area contributed by atoms with E-state index in [1.807, 2.05) is 18.2 Å². The second-order valence-electron chi connectivity index (χ2n) is 7.82. The maximum atomic E-state index is 10.9. The van der Waals surface area contributed by atoms with Crippen molar-refractivity contribution in [3.05, 3.63) is 59.2 Å². The molecule has 7 nitrogen and oxygen atoms in total. The van der Waals surface area contributed by atoms with Gasteiger partial charge in [-0.3, -0.25) is 9.79 Å². The molecule has 1 amide bonds. The fraction of sp³-hybridized carbons (Fsp3) is 0.417. The molecule has 0 aromatic heterocycles. The summed E-state index contributed by atoms with van der Waals surface area (Å²) in [4.78, 5) is 15.2. The zero-order chi connectivity index (χ0) is 22.6. The molecule has 0 aliphatic rings. The van der Waals surface area contributed by atoms with E-state index in [0.717, 1.165) is 23.3 Å². The Bertz CT molecular complexity index is 881. The van der Waals surface area contributed by atoms with E-state index in [-0.39, 0.29) is 6.61 Å². The molecule has 0 aliphatic carbocycles. The summed E-state index contributed by atoms with van der Waals surface area (Å²) >= 11 is 0. The first kappa shape index (κ1) is 24.1. The van der Waals surface area contributed by atoms with Crippen LogP contribution in [0.3, 0.4) is 0 Å². The van der Waals surface area contributed by atoms with E-state index < -0.39 is 5.91 Å². The molecule has 0 saturated heterocycles. The van der Waals surface area contributed by atoms with Crippen molar-refractivity contribution < 1.29 is 14.3 Å². The minimum Gasteiger partial charge on any atom is -0.493 e. The van der Waals surface area contributed by atoms with Crippen LogP contribution >= 0.6 is 0 Å². The highest BCUT2D eigenvalue weighted by molar-refractivity contribution is 5.79. The molecule has 2 rings (SSSR count). The van der Waals surface area contributed by atoms with Crippen molar-refractivity contribution >= 4 is 11.9 Å². The van der Waals surface area contributed by atoms with E-state index in [1.165, 1.54) is 5.56 Å². The molecule has 4 N–H and O–H groups in total. The van der Waals surface area contributed by atoms with Gasteiger partial charge in [0, 0.05) is 25.7 Å². The van der Waals surface area contributed by atoms with Gasteiger partial charge in [0.05, 0.1) is 6.61 Å². The Morgan fingerprint density at radius 1 is 1.10 bits per heavy atom. The van der Waals surface area contributed by atoms with Crippen molar-refractivity contribution in [1.82, 2.24) is 10.6 Å². The summed E-state index contributed by atoms with van der Waals surface area (Å²) in [5, 5.41) is 6.62. The van der Waals surface area contributed by atoms with Crippen molar-refractivity contribution in [1.29, 1.82) is 0 Å². The quantitative estimate of drug-likeness (QED) is 0.379. The molecule has 0 unspecified atom stereocenters. The Kier molecular flexibility index (Phi) is 9.68. The zero-order valence-electron chi connectivity index (χ0n) is 18.9. The molecular weight excluding hydrogens is 392 g/mol. The Labute approximate surface area is 185 Å².